The molecule has 2 N–H and O–H groups in total. The molecule has 0 heterocycles. The fraction of sp³-hybridized carbons (Fsp3) is 0.385. The van der Waals surface area contributed by atoms with Crippen LogP contribution in [0, 0.1) is 0 Å². The molecule has 0 spiro atoms. The molecule has 2 unspecified atom stereocenters. The maximum absolute atomic E-state index is 12.0. The highest BCUT2D eigenvalue weighted by molar-refractivity contribution is 8.00. The van der Waals surface area contributed by atoms with Crippen molar-refractivity contribution in [1.29, 1.82) is 0 Å². The molecule has 20 heavy (non-hydrogen) atoms. The Bertz CT molecular complexity index is 483. The Hall–Kier alpha value is -1.24. The molecule has 0 aliphatic carbocycles. The Morgan fingerprint density at radius 1 is 1.45 bits per heavy atom. The molecule has 7 heteroatoms. The van der Waals surface area contributed by atoms with Gasteiger partial charge in [0.2, 0.25) is 5.91 Å². The van der Waals surface area contributed by atoms with Gasteiger partial charge in [-0.2, -0.15) is 0 Å². The lowest BCUT2D eigenvalue weighted by Crippen LogP contribution is -2.46. The van der Waals surface area contributed by atoms with Crippen molar-refractivity contribution in [3.63, 3.8) is 0 Å². The first kappa shape index (κ1) is 16.8. The van der Waals surface area contributed by atoms with E-state index < -0.39 is 17.3 Å². The van der Waals surface area contributed by atoms with Crippen molar-refractivity contribution in [2.75, 3.05) is 13.7 Å². The molecule has 0 saturated heterocycles. The van der Waals surface area contributed by atoms with E-state index >= 15 is 0 Å². The monoisotopic (exact) mass is 317 g/mol. The molecule has 0 bridgehead atoms. The molecule has 0 fully saturated rings. The standard InChI is InChI=1S/C13H16ClNO4S/c1-8(20-11-6-4-3-5-9(11)14)12(16)15-10(7-19-2)13(17)18/h3-6,8,10H,7H2,1-2H3,(H,15,16)(H,17,18). The number of rotatable bonds is 7. The van der Waals surface area contributed by atoms with Crippen molar-refractivity contribution in [1.82, 2.24) is 5.32 Å². The molecular formula is C13H16ClNO4S. The number of nitrogens with one attached hydrogen (secondary N) is 1. The van der Waals surface area contributed by atoms with E-state index in [4.69, 9.17) is 21.4 Å². The van der Waals surface area contributed by atoms with Gasteiger partial charge < -0.3 is 15.2 Å². The van der Waals surface area contributed by atoms with Crippen molar-refractivity contribution in [3.05, 3.63) is 29.3 Å². The average molecular weight is 318 g/mol. The van der Waals surface area contributed by atoms with Crippen LogP contribution in [0.3, 0.4) is 0 Å². The number of halogens is 1. The number of carbonyl (C=O) groups excluding carboxylic acids is 1. The number of ether oxygens (including phenoxy) is 1. The van der Waals surface area contributed by atoms with Gasteiger partial charge in [0.15, 0.2) is 6.04 Å². The van der Waals surface area contributed by atoms with Crippen LogP contribution in [0.1, 0.15) is 6.92 Å². The van der Waals surface area contributed by atoms with E-state index in [2.05, 4.69) is 5.32 Å². The van der Waals surface area contributed by atoms with Gasteiger partial charge in [-0.25, -0.2) is 4.79 Å². The van der Waals surface area contributed by atoms with Gasteiger partial charge in [0.05, 0.1) is 16.9 Å². The third-order valence-corrected chi connectivity index (χ3v) is 4.08. The lowest BCUT2D eigenvalue weighted by atomic mass is 10.3. The third-order valence-electron chi connectivity index (χ3n) is 2.46. The molecule has 1 aromatic rings. The summed E-state index contributed by atoms with van der Waals surface area (Å²) in [5, 5.41) is 11.5. The molecule has 2 atom stereocenters. The second-order valence-electron chi connectivity index (χ2n) is 4.05. The number of carboxylic acid groups (broad SMARTS) is 1. The van der Waals surface area contributed by atoms with Crippen LogP contribution < -0.4 is 5.32 Å². The SMILES string of the molecule is COCC(NC(=O)C(C)Sc1ccccc1Cl)C(=O)O. The van der Waals surface area contributed by atoms with E-state index in [1.165, 1.54) is 18.9 Å². The van der Waals surface area contributed by atoms with Gasteiger partial charge in [0.25, 0.3) is 0 Å². The Balaban J connectivity index is 2.63. The number of carbonyl (C=O) groups is 2. The van der Waals surface area contributed by atoms with Gasteiger partial charge in [-0.3, -0.25) is 4.79 Å². The number of hydrogen-bond donors (Lipinski definition) is 2. The first-order valence-corrected chi connectivity index (χ1v) is 7.14. The number of hydrogen-bond acceptors (Lipinski definition) is 4. The van der Waals surface area contributed by atoms with Crippen molar-refractivity contribution in [2.24, 2.45) is 0 Å². The molecule has 1 aromatic carbocycles. The Kier molecular flexibility index (Phi) is 6.84. The Morgan fingerprint density at radius 2 is 2.10 bits per heavy atom. The molecule has 1 rings (SSSR count). The lowest BCUT2D eigenvalue weighted by molar-refractivity contribution is -0.143. The molecule has 0 aliphatic rings. The van der Waals surface area contributed by atoms with Gasteiger partial charge >= 0.3 is 5.97 Å². The largest absolute Gasteiger partial charge is 0.480 e. The van der Waals surface area contributed by atoms with Crippen LogP contribution in [0.4, 0.5) is 0 Å². The quantitative estimate of drug-likeness (QED) is 0.753. The number of aliphatic carboxylic acids is 1. The molecule has 0 aromatic heterocycles. The van der Waals surface area contributed by atoms with Crippen molar-refractivity contribution in [2.45, 2.75) is 23.1 Å². The first-order valence-electron chi connectivity index (χ1n) is 5.89. The number of thioether (sulfide) groups is 1. The highest BCUT2D eigenvalue weighted by Crippen LogP contribution is 2.29. The maximum atomic E-state index is 12.0. The van der Waals surface area contributed by atoms with Gasteiger partial charge in [-0.05, 0) is 19.1 Å². The minimum atomic E-state index is -1.13. The summed E-state index contributed by atoms with van der Waals surface area (Å²) in [6, 6.07) is 6.11. The molecule has 1 amide bonds. The van der Waals surface area contributed by atoms with E-state index in [-0.39, 0.29) is 12.5 Å². The summed E-state index contributed by atoms with van der Waals surface area (Å²) < 4.78 is 4.76. The third kappa shape index (κ3) is 5.03. The summed E-state index contributed by atoms with van der Waals surface area (Å²) in [5.41, 5.74) is 0. The molecule has 0 aliphatic heterocycles. The van der Waals surface area contributed by atoms with Crippen LogP contribution >= 0.6 is 23.4 Å². The predicted octanol–water partition coefficient (Wildman–Crippen LogP) is 2.04. The maximum Gasteiger partial charge on any atom is 0.328 e. The summed E-state index contributed by atoms with van der Waals surface area (Å²) in [6.45, 7) is 1.61. The highest BCUT2D eigenvalue weighted by atomic mass is 35.5. The van der Waals surface area contributed by atoms with E-state index in [0.717, 1.165) is 4.90 Å². The van der Waals surface area contributed by atoms with Gasteiger partial charge in [-0.15, -0.1) is 11.8 Å². The zero-order valence-corrected chi connectivity index (χ0v) is 12.7. The van der Waals surface area contributed by atoms with Crippen LogP contribution in [-0.4, -0.2) is 42.0 Å². The topological polar surface area (TPSA) is 75.6 Å². The number of carboxylic acids is 1. The van der Waals surface area contributed by atoms with Crippen LogP contribution in [-0.2, 0) is 14.3 Å². The van der Waals surface area contributed by atoms with E-state index in [1.54, 1.807) is 25.1 Å². The second-order valence-corrected chi connectivity index (χ2v) is 5.84. The molecular weight excluding hydrogens is 302 g/mol. The van der Waals surface area contributed by atoms with Gasteiger partial charge in [-0.1, -0.05) is 23.7 Å². The van der Waals surface area contributed by atoms with Crippen LogP contribution in [0.15, 0.2) is 29.2 Å². The number of methoxy groups -OCH3 is 1. The second kappa shape index (κ2) is 8.14. The highest BCUT2D eigenvalue weighted by Gasteiger charge is 2.23. The summed E-state index contributed by atoms with van der Waals surface area (Å²) in [4.78, 5) is 23.7. The summed E-state index contributed by atoms with van der Waals surface area (Å²) >= 11 is 7.28. The van der Waals surface area contributed by atoms with E-state index in [0.29, 0.717) is 5.02 Å². The van der Waals surface area contributed by atoms with Crippen LogP contribution in [0.5, 0.6) is 0 Å². The zero-order chi connectivity index (χ0) is 15.1. The first-order chi connectivity index (χ1) is 9.45. The number of amides is 1. The van der Waals surface area contributed by atoms with E-state index in [1.807, 2.05) is 6.07 Å². The fourth-order valence-corrected chi connectivity index (χ4v) is 2.58. The summed E-state index contributed by atoms with van der Waals surface area (Å²) in [5.74, 6) is -1.51. The summed E-state index contributed by atoms with van der Waals surface area (Å²) in [6.07, 6.45) is 0. The molecule has 5 nitrogen and oxygen atoms in total. The van der Waals surface area contributed by atoms with Gasteiger partial charge in [0.1, 0.15) is 0 Å². The smallest absolute Gasteiger partial charge is 0.328 e. The van der Waals surface area contributed by atoms with Crippen LogP contribution in [0.2, 0.25) is 5.02 Å². The van der Waals surface area contributed by atoms with Crippen molar-refractivity contribution in [3.8, 4) is 0 Å². The van der Waals surface area contributed by atoms with Crippen molar-refractivity contribution >= 4 is 35.2 Å². The zero-order valence-electron chi connectivity index (χ0n) is 11.1. The predicted molar refractivity (Wildman–Crippen MR) is 78.2 cm³/mol. The Labute approximate surface area is 126 Å². The van der Waals surface area contributed by atoms with Crippen LogP contribution in [0.25, 0.3) is 0 Å². The summed E-state index contributed by atoms with van der Waals surface area (Å²) in [7, 11) is 1.38. The van der Waals surface area contributed by atoms with Gasteiger partial charge in [0, 0.05) is 12.0 Å². The number of benzene rings is 1. The van der Waals surface area contributed by atoms with E-state index in [9.17, 15) is 9.59 Å². The fourth-order valence-electron chi connectivity index (χ4n) is 1.41. The normalized spacial score (nSPS) is 13.6. The minimum absolute atomic E-state index is 0.0788. The molecule has 110 valence electrons. The van der Waals surface area contributed by atoms with Crippen molar-refractivity contribution < 1.29 is 19.4 Å². The minimum Gasteiger partial charge on any atom is -0.480 e. The average Bonchev–Trinajstić information content (AvgIpc) is 2.40. The molecule has 0 radical (unpaired) electrons. The molecule has 0 saturated carbocycles. The lowest BCUT2D eigenvalue weighted by Gasteiger charge is -2.17. The Morgan fingerprint density at radius 3 is 2.65 bits per heavy atom.